The van der Waals surface area contributed by atoms with E-state index in [1.54, 1.807) is 0 Å². The maximum Gasteiger partial charge on any atom is 0.0640 e. The normalized spacial score (nSPS) is 12.1. The maximum absolute atomic E-state index is 2.50. The van der Waals surface area contributed by atoms with E-state index in [2.05, 4.69) is 191 Å². The van der Waals surface area contributed by atoms with Crippen LogP contribution in [0.4, 0.5) is 17.1 Å². The van der Waals surface area contributed by atoms with E-state index >= 15 is 0 Å². The summed E-state index contributed by atoms with van der Waals surface area (Å²) in [6.45, 7) is 0. The highest BCUT2D eigenvalue weighted by molar-refractivity contribution is 7.26. The van der Waals surface area contributed by atoms with Crippen LogP contribution >= 0.6 is 22.7 Å². The van der Waals surface area contributed by atoms with Crippen molar-refractivity contribution < 1.29 is 0 Å². The molecule has 4 heteroatoms. The van der Waals surface area contributed by atoms with Gasteiger partial charge in [0.25, 0.3) is 0 Å². The van der Waals surface area contributed by atoms with Gasteiger partial charge in [0.2, 0.25) is 0 Å². The number of hydrogen-bond donors (Lipinski definition) is 0. The van der Waals surface area contributed by atoms with Crippen molar-refractivity contribution in [3.05, 3.63) is 182 Å². The lowest BCUT2D eigenvalue weighted by Crippen LogP contribution is -2.10. The van der Waals surface area contributed by atoms with Crippen LogP contribution in [0.1, 0.15) is 0 Å². The molecule has 0 radical (unpaired) electrons. The maximum atomic E-state index is 2.50. The molecule has 252 valence electrons. The summed E-state index contributed by atoms with van der Waals surface area (Å²) in [4.78, 5) is 2.50. The van der Waals surface area contributed by atoms with Crippen molar-refractivity contribution in [2.45, 2.75) is 0 Å². The van der Waals surface area contributed by atoms with E-state index in [0.717, 1.165) is 17.1 Å². The fraction of sp³-hybridized carbons (Fsp3) is 0. The van der Waals surface area contributed by atoms with Crippen LogP contribution in [0, 0.1) is 0 Å². The highest BCUT2D eigenvalue weighted by Gasteiger charge is 2.22. The van der Waals surface area contributed by atoms with Gasteiger partial charge in [-0.1, -0.05) is 109 Å². The molecule has 0 aliphatic heterocycles. The Labute approximate surface area is 319 Å². The molecule has 3 heterocycles. The lowest BCUT2D eigenvalue weighted by molar-refractivity contribution is 1.18. The van der Waals surface area contributed by atoms with Crippen LogP contribution in [0.15, 0.2) is 182 Å². The second-order valence-corrected chi connectivity index (χ2v) is 16.3. The van der Waals surface area contributed by atoms with E-state index in [0.29, 0.717) is 0 Å². The SMILES string of the molecule is c1ccc(-n2c3ccc(N(c4ccc5c(c4)sc4ccccc45)c4cccc5c4sc4cc6ccccc6cc45)cc3c3c4ccccc4ccc32)cc1. The van der Waals surface area contributed by atoms with Gasteiger partial charge in [0.15, 0.2) is 0 Å². The molecule has 0 N–H and O–H groups in total. The van der Waals surface area contributed by atoms with Gasteiger partial charge in [0.1, 0.15) is 0 Å². The Hall–Kier alpha value is -6.46. The first-order chi connectivity index (χ1) is 26.8. The number of aromatic nitrogens is 1. The lowest BCUT2D eigenvalue weighted by atomic mass is 10.0. The fourth-order valence-corrected chi connectivity index (χ4v) is 11.1. The number of nitrogens with zero attached hydrogens (tertiary/aromatic N) is 2. The van der Waals surface area contributed by atoms with E-state index < -0.39 is 0 Å². The molecule has 0 saturated heterocycles. The van der Waals surface area contributed by atoms with E-state index in [1.807, 2.05) is 22.7 Å². The predicted octanol–water partition coefficient (Wildman–Crippen LogP) is 15.3. The molecule has 54 heavy (non-hydrogen) atoms. The zero-order valence-electron chi connectivity index (χ0n) is 29.0. The van der Waals surface area contributed by atoms with Crippen LogP contribution in [-0.2, 0) is 0 Å². The van der Waals surface area contributed by atoms with E-state index in [-0.39, 0.29) is 0 Å². The highest BCUT2D eigenvalue weighted by atomic mass is 32.1. The number of hydrogen-bond acceptors (Lipinski definition) is 3. The van der Waals surface area contributed by atoms with Crippen molar-refractivity contribution in [1.82, 2.24) is 4.57 Å². The quantitative estimate of drug-likeness (QED) is 0.176. The third-order valence-electron chi connectivity index (χ3n) is 11.1. The molecule has 9 aromatic carbocycles. The summed E-state index contributed by atoms with van der Waals surface area (Å²) < 4.78 is 7.63. The summed E-state index contributed by atoms with van der Waals surface area (Å²) >= 11 is 3.77. The minimum atomic E-state index is 1.14. The Balaban J connectivity index is 1.17. The molecule has 0 bridgehead atoms. The van der Waals surface area contributed by atoms with Crippen molar-refractivity contribution in [3.63, 3.8) is 0 Å². The van der Waals surface area contributed by atoms with Crippen molar-refractivity contribution in [3.8, 4) is 5.69 Å². The number of para-hydroxylation sites is 1. The number of thiophene rings is 2. The van der Waals surface area contributed by atoms with Crippen LogP contribution in [0.2, 0.25) is 0 Å². The Morgan fingerprint density at radius 1 is 0.370 bits per heavy atom. The lowest BCUT2D eigenvalue weighted by Gasteiger charge is -2.26. The summed E-state index contributed by atoms with van der Waals surface area (Å²) in [6.07, 6.45) is 0. The summed E-state index contributed by atoms with van der Waals surface area (Å²) in [5, 5.41) is 12.8. The highest BCUT2D eigenvalue weighted by Crippen LogP contribution is 2.48. The zero-order valence-corrected chi connectivity index (χ0v) is 30.7. The minimum Gasteiger partial charge on any atom is -0.309 e. The Bertz CT molecular complexity index is 3460. The molecule has 0 amide bonds. The molecule has 0 aliphatic rings. The Morgan fingerprint density at radius 2 is 1.04 bits per heavy atom. The summed E-state index contributed by atoms with van der Waals surface area (Å²) in [6, 6.07) is 67.3. The zero-order chi connectivity index (χ0) is 35.3. The van der Waals surface area contributed by atoms with Gasteiger partial charge < -0.3 is 9.47 Å². The molecular weight excluding hydrogens is 693 g/mol. The minimum absolute atomic E-state index is 1.14. The van der Waals surface area contributed by atoms with E-state index in [9.17, 15) is 0 Å². The Kier molecular flexibility index (Phi) is 6.41. The molecule has 3 aromatic heterocycles. The van der Waals surface area contributed by atoms with Gasteiger partial charge >= 0.3 is 0 Å². The summed E-state index contributed by atoms with van der Waals surface area (Å²) in [5.41, 5.74) is 7.05. The largest absolute Gasteiger partial charge is 0.309 e. The molecule has 0 spiro atoms. The average molecular weight is 723 g/mol. The first-order valence-electron chi connectivity index (χ1n) is 18.3. The third-order valence-corrected chi connectivity index (χ3v) is 13.4. The third kappa shape index (κ3) is 4.38. The van der Waals surface area contributed by atoms with Gasteiger partial charge in [-0.15, -0.1) is 22.7 Å². The molecule has 0 unspecified atom stereocenters. The van der Waals surface area contributed by atoms with Crippen molar-refractivity contribution in [1.29, 1.82) is 0 Å². The monoisotopic (exact) mass is 722 g/mol. The number of benzene rings is 9. The van der Waals surface area contributed by atoms with Crippen molar-refractivity contribution >= 4 is 123 Å². The molecule has 2 nitrogen and oxygen atoms in total. The molecule has 0 fully saturated rings. The number of anilines is 3. The first kappa shape index (κ1) is 30.0. The number of rotatable bonds is 4. The summed E-state index contributed by atoms with van der Waals surface area (Å²) in [7, 11) is 0. The molecule has 0 aliphatic carbocycles. The smallest absolute Gasteiger partial charge is 0.0640 e. The van der Waals surface area contributed by atoms with Gasteiger partial charge in [0, 0.05) is 63.5 Å². The van der Waals surface area contributed by atoms with E-state index in [4.69, 9.17) is 0 Å². The van der Waals surface area contributed by atoms with Crippen molar-refractivity contribution in [2.24, 2.45) is 0 Å². The molecule has 0 atom stereocenters. The second kappa shape index (κ2) is 11.5. The number of fused-ring (bicyclic) bond motifs is 12. The van der Waals surface area contributed by atoms with Crippen LogP contribution in [0.3, 0.4) is 0 Å². The van der Waals surface area contributed by atoms with Gasteiger partial charge in [-0.2, -0.15) is 0 Å². The van der Waals surface area contributed by atoms with Crippen molar-refractivity contribution in [2.75, 3.05) is 4.90 Å². The topological polar surface area (TPSA) is 8.17 Å². The standard InChI is InChI=1S/C50H30N2S2/c1-2-14-34(15-3-1)52-43-26-23-35(29-42(43)49-37-16-7-6-11-31(37)21-25-44(49)52)51(36-22-24-39-38-17-8-9-20-46(38)53-48(39)30-36)45-19-10-18-40-41-27-32-12-4-5-13-33(32)28-47(41)54-50(40)45/h1-30H. The summed E-state index contributed by atoms with van der Waals surface area (Å²) in [5.74, 6) is 0. The molecule has 0 saturated carbocycles. The van der Waals surface area contributed by atoms with Crippen LogP contribution in [-0.4, -0.2) is 4.57 Å². The molecule has 12 aromatic rings. The van der Waals surface area contributed by atoms with E-state index in [1.165, 1.54) is 89.4 Å². The van der Waals surface area contributed by atoms with Crippen LogP contribution in [0.5, 0.6) is 0 Å². The molecule has 12 rings (SSSR count). The Morgan fingerprint density at radius 3 is 1.93 bits per heavy atom. The van der Waals surface area contributed by atoms with Gasteiger partial charge in [-0.3, -0.25) is 0 Å². The molecular formula is C50H30N2S2. The second-order valence-electron chi connectivity index (χ2n) is 14.1. The van der Waals surface area contributed by atoms with Crippen LogP contribution in [0.25, 0.3) is 89.4 Å². The van der Waals surface area contributed by atoms with Gasteiger partial charge in [-0.05, 0) is 94.3 Å². The first-order valence-corrected chi connectivity index (χ1v) is 20.0. The van der Waals surface area contributed by atoms with Crippen LogP contribution < -0.4 is 4.90 Å². The van der Waals surface area contributed by atoms with Gasteiger partial charge in [0.05, 0.1) is 21.4 Å². The fourth-order valence-electron chi connectivity index (χ4n) is 8.70. The van der Waals surface area contributed by atoms with Gasteiger partial charge in [-0.25, -0.2) is 0 Å². The average Bonchev–Trinajstić information content (AvgIpc) is 3.89. The predicted molar refractivity (Wildman–Crippen MR) is 236 cm³/mol.